The zero-order valence-electron chi connectivity index (χ0n) is 8.82. The fourth-order valence-electron chi connectivity index (χ4n) is 1.35. The number of benzene rings is 1. The van der Waals surface area contributed by atoms with Crippen LogP contribution in [0.15, 0.2) is 34.7 Å². The van der Waals surface area contributed by atoms with E-state index in [-0.39, 0.29) is 13.2 Å². The van der Waals surface area contributed by atoms with Gasteiger partial charge in [-0.15, -0.1) is 0 Å². The van der Waals surface area contributed by atoms with Crippen molar-refractivity contribution in [3.8, 4) is 5.75 Å². The van der Waals surface area contributed by atoms with Gasteiger partial charge in [0, 0.05) is 10.0 Å². The molecule has 1 aromatic carbocycles. The number of aliphatic hydroxyl groups is 1. The van der Waals surface area contributed by atoms with Crippen LogP contribution < -0.4 is 4.74 Å². The zero-order chi connectivity index (χ0) is 12.3. The van der Waals surface area contributed by atoms with E-state index in [2.05, 4.69) is 0 Å². The summed E-state index contributed by atoms with van der Waals surface area (Å²) in [6, 6.07) is 8.42. The van der Waals surface area contributed by atoms with E-state index in [1.807, 2.05) is 0 Å². The summed E-state index contributed by atoms with van der Waals surface area (Å²) in [5, 5.41) is 9.87. The number of hydrogen-bond donors (Lipinski definition) is 1. The molecule has 0 fully saturated rings. The molecule has 0 radical (unpaired) electrons. The first kappa shape index (κ1) is 12.3. The Balaban J connectivity index is 2.01. The van der Waals surface area contributed by atoms with Crippen LogP contribution in [-0.2, 0) is 13.2 Å². The average molecular weight is 273 g/mol. The monoisotopic (exact) mass is 272 g/mol. The van der Waals surface area contributed by atoms with Crippen molar-refractivity contribution in [3.63, 3.8) is 0 Å². The molecule has 0 unspecified atom stereocenters. The van der Waals surface area contributed by atoms with E-state index < -0.39 is 0 Å². The summed E-state index contributed by atoms with van der Waals surface area (Å²) in [5.41, 5.74) is 0. The Labute approximate surface area is 109 Å². The molecule has 0 aliphatic heterocycles. The molecule has 2 aromatic rings. The van der Waals surface area contributed by atoms with Crippen molar-refractivity contribution < 1.29 is 14.3 Å². The standard InChI is InChI=1S/C12H10Cl2O3/c13-8-3-9(14)5-12(4-8)16-7-11-2-1-10(6-15)17-11/h1-5,15H,6-7H2. The van der Waals surface area contributed by atoms with Gasteiger partial charge in [-0.05, 0) is 30.3 Å². The first-order valence-corrected chi connectivity index (χ1v) is 5.70. The Morgan fingerprint density at radius 2 is 1.71 bits per heavy atom. The van der Waals surface area contributed by atoms with Crippen LogP contribution in [0, 0.1) is 0 Å². The molecule has 1 heterocycles. The highest BCUT2D eigenvalue weighted by molar-refractivity contribution is 6.34. The summed E-state index contributed by atoms with van der Waals surface area (Å²) in [5.74, 6) is 1.71. The minimum atomic E-state index is -0.122. The highest BCUT2D eigenvalue weighted by atomic mass is 35.5. The van der Waals surface area contributed by atoms with Crippen LogP contribution >= 0.6 is 23.2 Å². The number of rotatable bonds is 4. The predicted molar refractivity (Wildman–Crippen MR) is 65.4 cm³/mol. The van der Waals surface area contributed by atoms with Gasteiger partial charge in [0.2, 0.25) is 0 Å². The van der Waals surface area contributed by atoms with Gasteiger partial charge < -0.3 is 14.3 Å². The third kappa shape index (κ3) is 3.40. The summed E-state index contributed by atoms with van der Waals surface area (Å²) in [6.07, 6.45) is 0. The summed E-state index contributed by atoms with van der Waals surface area (Å²) in [6.45, 7) is 0.139. The number of hydrogen-bond acceptors (Lipinski definition) is 3. The van der Waals surface area contributed by atoms with Crippen molar-refractivity contribution in [2.45, 2.75) is 13.2 Å². The lowest BCUT2D eigenvalue weighted by Crippen LogP contribution is -1.93. The Bertz CT molecular complexity index is 488. The van der Waals surface area contributed by atoms with Crippen molar-refractivity contribution in [1.29, 1.82) is 0 Å². The largest absolute Gasteiger partial charge is 0.486 e. The molecule has 0 amide bonds. The fraction of sp³-hybridized carbons (Fsp3) is 0.167. The second-order valence-corrected chi connectivity index (χ2v) is 4.29. The minimum Gasteiger partial charge on any atom is -0.486 e. The van der Waals surface area contributed by atoms with E-state index >= 15 is 0 Å². The SMILES string of the molecule is OCc1ccc(COc2cc(Cl)cc(Cl)c2)o1. The van der Waals surface area contributed by atoms with Crippen molar-refractivity contribution in [2.24, 2.45) is 0 Å². The third-order valence-corrected chi connectivity index (χ3v) is 2.53. The van der Waals surface area contributed by atoms with Gasteiger partial charge >= 0.3 is 0 Å². The maximum atomic E-state index is 8.84. The quantitative estimate of drug-likeness (QED) is 0.924. The van der Waals surface area contributed by atoms with Crippen molar-refractivity contribution in [1.82, 2.24) is 0 Å². The highest BCUT2D eigenvalue weighted by Gasteiger charge is 2.03. The van der Waals surface area contributed by atoms with Crippen LogP contribution in [0.2, 0.25) is 10.0 Å². The summed E-state index contributed by atoms with van der Waals surface area (Å²) in [4.78, 5) is 0. The van der Waals surface area contributed by atoms with Gasteiger partial charge in [0.15, 0.2) is 0 Å². The maximum Gasteiger partial charge on any atom is 0.146 e. The van der Waals surface area contributed by atoms with Crippen molar-refractivity contribution >= 4 is 23.2 Å². The second kappa shape index (κ2) is 5.45. The van der Waals surface area contributed by atoms with Crippen LogP contribution in [0.4, 0.5) is 0 Å². The smallest absolute Gasteiger partial charge is 0.146 e. The van der Waals surface area contributed by atoms with Gasteiger partial charge in [-0.2, -0.15) is 0 Å². The van der Waals surface area contributed by atoms with E-state index in [0.717, 1.165) is 0 Å². The third-order valence-electron chi connectivity index (χ3n) is 2.09. The predicted octanol–water partition coefficient (Wildman–Crippen LogP) is 3.66. The summed E-state index contributed by atoms with van der Waals surface area (Å²) in [7, 11) is 0. The molecule has 1 aromatic heterocycles. The van der Waals surface area contributed by atoms with Crippen LogP contribution in [0.5, 0.6) is 5.75 Å². The first-order valence-electron chi connectivity index (χ1n) is 4.95. The number of furan rings is 1. The molecule has 3 nitrogen and oxygen atoms in total. The van der Waals surface area contributed by atoms with Crippen LogP contribution in [0.3, 0.4) is 0 Å². The van der Waals surface area contributed by atoms with Crippen molar-refractivity contribution in [2.75, 3.05) is 0 Å². The van der Waals surface area contributed by atoms with Gasteiger partial charge in [0.25, 0.3) is 0 Å². The maximum absolute atomic E-state index is 8.84. The number of ether oxygens (including phenoxy) is 1. The molecule has 90 valence electrons. The first-order chi connectivity index (χ1) is 8.17. The Morgan fingerprint density at radius 3 is 2.29 bits per heavy atom. The Kier molecular flexibility index (Phi) is 3.94. The van der Waals surface area contributed by atoms with E-state index in [4.69, 9.17) is 37.5 Å². The zero-order valence-corrected chi connectivity index (χ0v) is 10.3. The molecular weight excluding hydrogens is 263 g/mol. The summed E-state index contributed by atoms with van der Waals surface area (Å²) < 4.78 is 10.7. The molecule has 0 saturated heterocycles. The van der Waals surface area contributed by atoms with Gasteiger partial charge in [-0.3, -0.25) is 0 Å². The van der Waals surface area contributed by atoms with Gasteiger partial charge in [0.1, 0.15) is 30.5 Å². The Morgan fingerprint density at radius 1 is 1.06 bits per heavy atom. The van der Waals surface area contributed by atoms with Gasteiger partial charge in [-0.25, -0.2) is 0 Å². The molecule has 1 N–H and O–H groups in total. The van der Waals surface area contributed by atoms with Crippen LogP contribution in [0.25, 0.3) is 0 Å². The molecule has 2 rings (SSSR count). The normalized spacial score (nSPS) is 10.5. The molecule has 0 aliphatic rings. The number of aliphatic hydroxyl groups excluding tert-OH is 1. The van der Waals surface area contributed by atoms with Crippen molar-refractivity contribution in [3.05, 3.63) is 51.9 Å². The topological polar surface area (TPSA) is 42.6 Å². The van der Waals surface area contributed by atoms with E-state index in [9.17, 15) is 0 Å². The molecule has 0 spiro atoms. The van der Waals surface area contributed by atoms with E-state index in [0.29, 0.717) is 27.3 Å². The van der Waals surface area contributed by atoms with Gasteiger partial charge in [0.05, 0.1) is 0 Å². The average Bonchev–Trinajstić information content (AvgIpc) is 2.73. The second-order valence-electron chi connectivity index (χ2n) is 3.42. The molecule has 17 heavy (non-hydrogen) atoms. The van der Waals surface area contributed by atoms with Gasteiger partial charge in [-0.1, -0.05) is 23.2 Å². The number of halogens is 2. The lowest BCUT2D eigenvalue weighted by Gasteiger charge is -2.05. The van der Waals surface area contributed by atoms with Crippen LogP contribution in [0.1, 0.15) is 11.5 Å². The fourth-order valence-corrected chi connectivity index (χ4v) is 1.86. The Hall–Kier alpha value is -1.16. The highest BCUT2D eigenvalue weighted by Crippen LogP contribution is 2.25. The summed E-state index contributed by atoms with van der Waals surface area (Å²) >= 11 is 11.7. The molecule has 0 aliphatic carbocycles. The molecule has 0 atom stereocenters. The lowest BCUT2D eigenvalue weighted by molar-refractivity contribution is 0.225. The van der Waals surface area contributed by atoms with E-state index in [1.54, 1.807) is 30.3 Å². The lowest BCUT2D eigenvalue weighted by atomic mass is 10.3. The molecular formula is C12H10Cl2O3. The molecule has 5 heteroatoms. The molecule has 0 bridgehead atoms. The van der Waals surface area contributed by atoms with Crippen LogP contribution in [-0.4, -0.2) is 5.11 Å². The molecule has 0 saturated carbocycles. The minimum absolute atomic E-state index is 0.122. The van der Waals surface area contributed by atoms with E-state index in [1.165, 1.54) is 0 Å².